The monoisotopic (exact) mass is 232 g/mol. The number of carbonyl (C=O) groups is 1. The van der Waals surface area contributed by atoms with Gasteiger partial charge in [-0.25, -0.2) is 4.79 Å². The maximum atomic E-state index is 11.9. The first-order valence-corrected chi connectivity index (χ1v) is 6.05. The number of rotatable bonds is 3. The van der Waals surface area contributed by atoms with Crippen LogP contribution in [0.25, 0.3) is 0 Å². The Bertz CT molecular complexity index is 447. The topological polar surface area (TPSA) is 38.8 Å². The van der Waals surface area contributed by atoms with Gasteiger partial charge in [-0.15, -0.1) is 0 Å². The Hall–Kier alpha value is -1.35. The fraction of sp³-hybridized carbons (Fsp3) is 0.500. The molecule has 1 aromatic carbocycles. The third kappa shape index (κ3) is 1.95. The molecule has 0 bridgehead atoms. The fourth-order valence-electron chi connectivity index (χ4n) is 1.95. The summed E-state index contributed by atoms with van der Waals surface area (Å²) in [5.74, 6) is -0.217. The largest absolute Gasteiger partial charge is 0.460 e. The third-order valence-electron chi connectivity index (χ3n) is 3.39. The second kappa shape index (κ2) is 3.57. The third-order valence-corrected chi connectivity index (χ3v) is 3.39. The lowest BCUT2D eigenvalue weighted by Gasteiger charge is -2.06. The average Bonchev–Trinajstić information content (AvgIpc) is 3.18. The second-order valence-corrected chi connectivity index (χ2v) is 5.12. The summed E-state index contributed by atoms with van der Waals surface area (Å²) in [7, 11) is 0. The molecule has 1 heterocycles. The summed E-state index contributed by atoms with van der Waals surface area (Å²) in [6, 6.07) is 8.08. The minimum Gasteiger partial charge on any atom is -0.460 e. The SMILES string of the molecule is Cc1ccc(C2OC2(C)C(=O)OC2CC2)cc1. The molecule has 3 rings (SSSR count). The Morgan fingerprint density at radius 3 is 2.59 bits per heavy atom. The van der Waals surface area contributed by atoms with Gasteiger partial charge in [0.1, 0.15) is 12.2 Å². The summed E-state index contributed by atoms with van der Waals surface area (Å²) in [5, 5.41) is 0. The number of benzene rings is 1. The summed E-state index contributed by atoms with van der Waals surface area (Å²) in [4.78, 5) is 11.9. The number of ether oxygens (including phenoxy) is 2. The van der Waals surface area contributed by atoms with Crippen LogP contribution in [-0.4, -0.2) is 17.7 Å². The first kappa shape index (κ1) is 10.8. The van der Waals surface area contributed by atoms with Crippen molar-refractivity contribution in [3.63, 3.8) is 0 Å². The molecule has 0 aromatic heterocycles. The van der Waals surface area contributed by atoms with Gasteiger partial charge in [-0.05, 0) is 32.3 Å². The van der Waals surface area contributed by atoms with Gasteiger partial charge in [0, 0.05) is 0 Å². The molecule has 0 radical (unpaired) electrons. The first-order chi connectivity index (χ1) is 8.09. The minimum absolute atomic E-state index is 0.141. The summed E-state index contributed by atoms with van der Waals surface area (Å²) in [6.07, 6.45) is 1.99. The number of carbonyl (C=O) groups excluding carboxylic acids is 1. The Kier molecular flexibility index (Phi) is 2.26. The van der Waals surface area contributed by atoms with E-state index in [0.29, 0.717) is 0 Å². The normalized spacial score (nSPS) is 31.1. The number of esters is 1. The molecule has 2 atom stereocenters. The first-order valence-electron chi connectivity index (χ1n) is 6.05. The van der Waals surface area contributed by atoms with Gasteiger partial charge in [0.2, 0.25) is 0 Å². The molecule has 3 heteroatoms. The molecular formula is C14H16O3. The second-order valence-electron chi connectivity index (χ2n) is 5.12. The molecule has 0 amide bonds. The van der Waals surface area contributed by atoms with Crippen LogP contribution >= 0.6 is 0 Å². The molecule has 2 aliphatic rings. The Morgan fingerprint density at radius 1 is 1.35 bits per heavy atom. The van der Waals surface area contributed by atoms with Gasteiger partial charge in [0.05, 0.1) is 0 Å². The standard InChI is InChI=1S/C14H16O3/c1-9-3-5-10(6-4-9)12-14(2,17-12)13(15)16-11-7-8-11/h3-6,11-12H,7-8H2,1-2H3. The highest BCUT2D eigenvalue weighted by atomic mass is 16.7. The summed E-state index contributed by atoms with van der Waals surface area (Å²) in [5.41, 5.74) is 1.49. The molecule has 0 spiro atoms. The van der Waals surface area contributed by atoms with Crippen molar-refractivity contribution in [1.29, 1.82) is 0 Å². The van der Waals surface area contributed by atoms with Gasteiger partial charge < -0.3 is 9.47 Å². The van der Waals surface area contributed by atoms with Gasteiger partial charge in [-0.1, -0.05) is 29.8 Å². The molecule has 1 aliphatic carbocycles. The number of aryl methyl sites for hydroxylation is 1. The number of hydrogen-bond donors (Lipinski definition) is 0. The molecule has 1 aliphatic heterocycles. The van der Waals surface area contributed by atoms with Crippen LogP contribution in [0.1, 0.15) is 37.0 Å². The zero-order chi connectivity index (χ0) is 12.0. The van der Waals surface area contributed by atoms with E-state index in [2.05, 4.69) is 0 Å². The number of hydrogen-bond acceptors (Lipinski definition) is 3. The van der Waals surface area contributed by atoms with E-state index >= 15 is 0 Å². The fourth-order valence-corrected chi connectivity index (χ4v) is 1.95. The van der Waals surface area contributed by atoms with Gasteiger partial charge >= 0.3 is 5.97 Å². The molecule has 90 valence electrons. The molecule has 1 saturated carbocycles. The molecule has 1 saturated heterocycles. The molecule has 17 heavy (non-hydrogen) atoms. The van der Waals surface area contributed by atoms with Crippen LogP contribution < -0.4 is 0 Å². The smallest absolute Gasteiger partial charge is 0.341 e. The minimum atomic E-state index is -0.766. The van der Waals surface area contributed by atoms with E-state index in [1.807, 2.05) is 38.1 Å². The van der Waals surface area contributed by atoms with Crippen LogP contribution in [-0.2, 0) is 14.3 Å². The highest BCUT2D eigenvalue weighted by Crippen LogP contribution is 2.50. The van der Waals surface area contributed by atoms with E-state index in [1.165, 1.54) is 5.56 Å². The lowest BCUT2D eigenvalue weighted by atomic mass is 10.0. The molecular weight excluding hydrogens is 216 g/mol. The van der Waals surface area contributed by atoms with Crippen LogP contribution in [0, 0.1) is 6.92 Å². The van der Waals surface area contributed by atoms with Crippen molar-refractivity contribution in [1.82, 2.24) is 0 Å². The zero-order valence-corrected chi connectivity index (χ0v) is 10.1. The lowest BCUT2D eigenvalue weighted by molar-refractivity contribution is -0.150. The lowest BCUT2D eigenvalue weighted by Crippen LogP contribution is -2.25. The van der Waals surface area contributed by atoms with Crippen molar-refractivity contribution < 1.29 is 14.3 Å². The summed E-state index contributed by atoms with van der Waals surface area (Å²) < 4.78 is 10.8. The molecule has 3 nitrogen and oxygen atoms in total. The molecule has 2 fully saturated rings. The zero-order valence-electron chi connectivity index (χ0n) is 10.1. The molecule has 0 N–H and O–H groups in total. The maximum absolute atomic E-state index is 11.9. The quantitative estimate of drug-likeness (QED) is 0.593. The Morgan fingerprint density at radius 2 is 2.00 bits per heavy atom. The Balaban J connectivity index is 1.70. The van der Waals surface area contributed by atoms with Gasteiger partial charge in [-0.3, -0.25) is 0 Å². The van der Waals surface area contributed by atoms with E-state index in [4.69, 9.17) is 9.47 Å². The number of epoxide rings is 1. The van der Waals surface area contributed by atoms with Crippen LogP contribution in [0.4, 0.5) is 0 Å². The van der Waals surface area contributed by atoms with E-state index in [9.17, 15) is 4.79 Å². The Labute approximate surface area is 101 Å². The predicted octanol–water partition coefficient (Wildman–Crippen LogP) is 2.53. The average molecular weight is 232 g/mol. The van der Waals surface area contributed by atoms with Gasteiger partial charge in [-0.2, -0.15) is 0 Å². The highest BCUT2D eigenvalue weighted by Gasteiger charge is 2.61. The van der Waals surface area contributed by atoms with Crippen molar-refractivity contribution in [2.75, 3.05) is 0 Å². The summed E-state index contributed by atoms with van der Waals surface area (Å²) >= 11 is 0. The highest BCUT2D eigenvalue weighted by molar-refractivity contribution is 5.83. The summed E-state index contributed by atoms with van der Waals surface area (Å²) in [6.45, 7) is 3.85. The van der Waals surface area contributed by atoms with Crippen molar-refractivity contribution >= 4 is 5.97 Å². The maximum Gasteiger partial charge on any atom is 0.341 e. The van der Waals surface area contributed by atoms with Crippen molar-refractivity contribution in [2.24, 2.45) is 0 Å². The van der Waals surface area contributed by atoms with Crippen molar-refractivity contribution in [2.45, 2.75) is 44.5 Å². The van der Waals surface area contributed by atoms with Crippen molar-refractivity contribution in [3.8, 4) is 0 Å². The van der Waals surface area contributed by atoms with E-state index < -0.39 is 5.60 Å². The van der Waals surface area contributed by atoms with E-state index in [1.54, 1.807) is 0 Å². The molecule has 2 unspecified atom stereocenters. The van der Waals surface area contributed by atoms with E-state index in [0.717, 1.165) is 18.4 Å². The van der Waals surface area contributed by atoms with Crippen LogP contribution in [0.3, 0.4) is 0 Å². The van der Waals surface area contributed by atoms with Crippen LogP contribution in [0.5, 0.6) is 0 Å². The van der Waals surface area contributed by atoms with Gasteiger partial charge in [0.25, 0.3) is 0 Å². The molecule has 1 aromatic rings. The van der Waals surface area contributed by atoms with Gasteiger partial charge in [0.15, 0.2) is 5.60 Å². The van der Waals surface area contributed by atoms with Crippen LogP contribution in [0.2, 0.25) is 0 Å². The van der Waals surface area contributed by atoms with Crippen molar-refractivity contribution in [3.05, 3.63) is 35.4 Å². The van der Waals surface area contributed by atoms with Crippen LogP contribution in [0.15, 0.2) is 24.3 Å². The predicted molar refractivity (Wildman–Crippen MR) is 62.5 cm³/mol. The van der Waals surface area contributed by atoms with E-state index in [-0.39, 0.29) is 18.2 Å².